The van der Waals surface area contributed by atoms with Crippen LogP contribution in [0, 0.1) is 6.92 Å². The molecule has 0 amide bonds. The Morgan fingerprint density at radius 3 is 2.76 bits per heavy atom. The number of hydrazone groups is 1. The molecule has 0 bridgehead atoms. The van der Waals surface area contributed by atoms with Crippen LogP contribution in [0.2, 0.25) is 0 Å². The smallest absolute Gasteiger partial charge is 0.203 e. The van der Waals surface area contributed by atoms with Crippen LogP contribution in [0.3, 0.4) is 0 Å². The molecule has 1 aromatic carbocycles. The number of ether oxygens (including phenoxy) is 1. The van der Waals surface area contributed by atoms with Crippen molar-refractivity contribution < 1.29 is 9.84 Å². The Hall–Kier alpha value is -2.08. The van der Waals surface area contributed by atoms with Crippen molar-refractivity contribution in [2.75, 3.05) is 12.5 Å². The van der Waals surface area contributed by atoms with Gasteiger partial charge >= 0.3 is 0 Å². The lowest BCUT2D eigenvalue weighted by atomic mass is 10.00. The van der Waals surface area contributed by atoms with Gasteiger partial charge in [0.1, 0.15) is 0 Å². The van der Waals surface area contributed by atoms with Gasteiger partial charge in [-0.15, -0.1) is 11.3 Å². The average Bonchev–Trinajstić information content (AvgIpc) is 2.86. The van der Waals surface area contributed by atoms with Gasteiger partial charge in [0.25, 0.3) is 0 Å². The second-order valence-electron chi connectivity index (χ2n) is 4.98. The first kappa shape index (κ1) is 15.3. The minimum Gasteiger partial charge on any atom is -0.504 e. The van der Waals surface area contributed by atoms with Crippen LogP contribution in [0.4, 0.5) is 5.13 Å². The molecule has 1 heterocycles. The van der Waals surface area contributed by atoms with E-state index in [1.807, 2.05) is 24.4 Å². The van der Waals surface area contributed by atoms with Crippen molar-refractivity contribution in [1.29, 1.82) is 0 Å². The number of hydrogen-bond donors (Lipinski definition) is 2. The Morgan fingerprint density at radius 1 is 1.43 bits per heavy atom. The third-order valence-corrected chi connectivity index (χ3v) is 3.86. The zero-order valence-electron chi connectivity index (χ0n) is 12.5. The highest BCUT2D eigenvalue weighted by Crippen LogP contribution is 2.33. The van der Waals surface area contributed by atoms with Crippen molar-refractivity contribution >= 4 is 22.7 Å². The molecule has 2 rings (SSSR count). The maximum absolute atomic E-state index is 10.1. The summed E-state index contributed by atoms with van der Waals surface area (Å²) in [4.78, 5) is 4.25. The van der Waals surface area contributed by atoms with E-state index in [2.05, 4.69) is 29.4 Å². The summed E-state index contributed by atoms with van der Waals surface area (Å²) >= 11 is 1.48. The number of aromatic hydroxyl groups is 1. The van der Waals surface area contributed by atoms with Crippen molar-refractivity contribution in [3.8, 4) is 11.5 Å². The van der Waals surface area contributed by atoms with Gasteiger partial charge in [0.15, 0.2) is 11.5 Å². The van der Waals surface area contributed by atoms with Crippen LogP contribution >= 0.6 is 11.3 Å². The summed E-state index contributed by atoms with van der Waals surface area (Å²) in [6.45, 7) is 6.10. The molecule has 0 radical (unpaired) electrons. The molecule has 0 spiro atoms. The molecule has 6 heteroatoms. The first-order chi connectivity index (χ1) is 10.0. The summed E-state index contributed by atoms with van der Waals surface area (Å²) in [6.07, 6.45) is 1.57. The van der Waals surface area contributed by atoms with E-state index in [9.17, 15) is 5.11 Å². The number of phenolic OH excluding ortho intramolecular Hbond substituents is 1. The number of thiazole rings is 1. The Morgan fingerprint density at radius 2 is 2.19 bits per heavy atom. The highest BCUT2D eigenvalue weighted by molar-refractivity contribution is 7.13. The van der Waals surface area contributed by atoms with Crippen LogP contribution < -0.4 is 10.2 Å². The topological polar surface area (TPSA) is 66.7 Å². The number of phenols is 1. The van der Waals surface area contributed by atoms with Crippen molar-refractivity contribution in [3.63, 3.8) is 0 Å². The number of aryl methyl sites for hydroxylation is 1. The molecule has 0 saturated heterocycles. The van der Waals surface area contributed by atoms with Crippen LogP contribution in [-0.4, -0.2) is 23.4 Å². The lowest BCUT2D eigenvalue weighted by molar-refractivity contribution is 0.372. The molecule has 0 aliphatic rings. The van der Waals surface area contributed by atoms with Gasteiger partial charge in [0, 0.05) is 10.9 Å². The average molecular weight is 305 g/mol. The molecule has 0 aliphatic carbocycles. The predicted molar refractivity (Wildman–Crippen MR) is 86.8 cm³/mol. The van der Waals surface area contributed by atoms with Gasteiger partial charge in [-0.05, 0) is 30.5 Å². The van der Waals surface area contributed by atoms with E-state index in [0.29, 0.717) is 17.2 Å². The first-order valence-electron chi connectivity index (χ1n) is 6.63. The van der Waals surface area contributed by atoms with Gasteiger partial charge in [-0.3, -0.25) is 5.43 Å². The number of anilines is 1. The van der Waals surface area contributed by atoms with Crippen molar-refractivity contribution in [2.45, 2.75) is 26.7 Å². The molecule has 0 unspecified atom stereocenters. The fraction of sp³-hybridized carbons (Fsp3) is 0.333. The molecular formula is C15H19N3O2S. The summed E-state index contributed by atoms with van der Waals surface area (Å²) in [6, 6.07) is 3.75. The molecular weight excluding hydrogens is 286 g/mol. The quantitative estimate of drug-likeness (QED) is 0.652. The minimum atomic E-state index is 0.0859. The molecule has 2 aromatic rings. The second-order valence-corrected chi connectivity index (χ2v) is 5.84. The van der Waals surface area contributed by atoms with Crippen molar-refractivity contribution in [3.05, 3.63) is 34.3 Å². The number of nitrogens with zero attached hydrogens (tertiary/aromatic N) is 2. The molecule has 21 heavy (non-hydrogen) atoms. The van der Waals surface area contributed by atoms with E-state index >= 15 is 0 Å². The fourth-order valence-electron chi connectivity index (χ4n) is 1.80. The summed E-state index contributed by atoms with van der Waals surface area (Å²) in [7, 11) is 1.54. The number of rotatable bonds is 5. The zero-order valence-corrected chi connectivity index (χ0v) is 13.4. The summed E-state index contributed by atoms with van der Waals surface area (Å²) in [5, 5.41) is 16.9. The summed E-state index contributed by atoms with van der Waals surface area (Å²) in [5.41, 5.74) is 5.49. The minimum absolute atomic E-state index is 0.0859. The first-order valence-corrected chi connectivity index (χ1v) is 7.51. The Kier molecular flexibility index (Phi) is 4.80. The molecule has 0 atom stereocenters. The normalized spacial score (nSPS) is 11.3. The number of benzene rings is 1. The number of methoxy groups -OCH3 is 1. The Labute approximate surface area is 128 Å². The zero-order chi connectivity index (χ0) is 15.4. The third-order valence-electron chi connectivity index (χ3n) is 3.00. The van der Waals surface area contributed by atoms with Crippen LogP contribution in [0.5, 0.6) is 11.5 Å². The van der Waals surface area contributed by atoms with Gasteiger partial charge in [-0.25, -0.2) is 4.98 Å². The molecule has 5 nitrogen and oxygen atoms in total. The Bertz CT molecular complexity index is 650. The predicted octanol–water partition coefficient (Wildman–Crippen LogP) is 3.74. The molecule has 112 valence electrons. The van der Waals surface area contributed by atoms with E-state index in [4.69, 9.17) is 4.74 Å². The molecule has 0 aliphatic heterocycles. The van der Waals surface area contributed by atoms with E-state index in [-0.39, 0.29) is 5.75 Å². The third kappa shape index (κ3) is 3.72. The van der Waals surface area contributed by atoms with Gasteiger partial charge in [0.05, 0.1) is 19.0 Å². The van der Waals surface area contributed by atoms with Crippen LogP contribution in [0.1, 0.15) is 36.6 Å². The van der Waals surface area contributed by atoms with Crippen LogP contribution in [0.25, 0.3) is 0 Å². The molecule has 0 saturated carbocycles. The largest absolute Gasteiger partial charge is 0.504 e. The number of nitrogens with one attached hydrogen (secondary N) is 1. The standard InChI is InChI=1S/C15H19N3O2S/c1-9(2)11-5-12(14(19)13(6-11)20-4)7-16-18-15-17-10(3)8-21-15/h5-9,19H,1-4H3,(H,17,18). The summed E-state index contributed by atoms with van der Waals surface area (Å²) in [5.74, 6) is 0.872. The number of aromatic nitrogens is 1. The number of hydrogen-bond acceptors (Lipinski definition) is 6. The summed E-state index contributed by atoms with van der Waals surface area (Å²) < 4.78 is 5.20. The lowest BCUT2D eigenvalue weighted by Gasteiger charge is -2.12. The van der Waals surface area contributed by atoms with Crippen molar-refractivity contribution in [1.82, 2.24) is 4.98 Å². The van der Waals surface area contributed by atoms with Gasteiger partial charge in [-0.1, -0.05) is 13.8 Å². The van der Waals surface area contributed by atoms with E-state index in [1.165, 1.54) is 18.4 Å². The van der Waals surface area contributed by atoms with E-state index < -0.39 is 0 Å². The molecule has 0 fully saturated rings. The van der Waals surface area contributed by atoms with Crippen LogP contribution in [0.15, 0.2) is 22.6 Å². The Balaban J connectivity index is 2.23. The SMILES string of the molecule is COc1cc(C(C)C)cc(C=NNc2nc(C)cs2)c1O. The van der Waals surface area contributed by atoms with Gasteiger partial charge in [-0.2, -0.15) is 5.10 Å². The molecule has 1 aromatic heterocycles. The van der Waals surface area contributed by atoms with Gasteiger partial charge in [0.2, 0.25) is 5.13 Å². The fourth-order valence-corrected chi connectivity index (χ4v) is 2.44. The van der Waals surface area contributed by atoms with Gasteiger partial charge < -0.3 is 9.84 Å². The van der Waals surface area contributed by atoms with E-state index in [0.717, 1.165) is 16.4 Å². The second kappa shape index (κ2) is 6.58. The van der Waals surface area contributed by atoms with Crippen molar-refractivity contribution in [2.24, 2.45) is 5.10 Å². The lowest BCUT2D eigenvalue weighted by Crippen LogP contribution is -1.96. The highest BCUT2D eigenvalue weighted by atomic mass is 32.1. The highest BCUT2D eigenvalue weighted by Gasteiger charge is 2.11. The molecule has 2 N–H and O–H groups in total. The van der Waals surface area contributed by atoms with E-state index in [1.54, 1.807) is 6.21 Å². The monoisotopic (exact) mass is 305 g/mol. The maximum Gasteiger partial charge on any atom is 0.203 e. The maximum atomic E-state index is 10.1. The van der Waals surface area contributed by atoms with Crippen LogP contribution in [-0.2, 0) is 0 Å².